The highest BCUT2D eigenvalue weighted by Crippen LogP contribution is 2.20. The van der Waals surface area contributed by atoms with E-state index in [1.165, 1.54) is 23.1 Å². The second kappa shape index (κ2) is 11.4. The summed E-state index contributed by atoms with van der Waals surface area (Å²) >= 11 is 11.8. The second-order valence-electron chi connectivity index (χ2n) is 6.41. The zero-order chi connectivity index (χ0) is 22.1. The molecule has 160 valence electrons. The largest absolute Gasteiger partial charge is 0.494 e. The number of nitrogens with zero attached hydrogens (tertiary/aromatic N) is 1. The molecule has 2 aromatic carbocycles. The van der Waals surface area contributed by atoms with Crippen molar-refractivity contribution in [3.8, 4) is 5.75 Å². The van der Waals surface area contributed by atoms with E-state index in [1.54, 1.807) is 7.05 Å². The smallest absolute Gasteiger partial charge is 0.253 e. The Bertz CT molecular complexity index is 904. The van der Waals surface area contributed by atoms with E-state index in [4.69, 9.17) is 27.9 Å². The quantitative estimate of drug-likeness (QED) is 0.613. The maximum Gasteiger partial charge on any atom is 0.253 e. The number of hydrogen-bond donors (Lipinski definition) is 2. The first-order valence-electron chi connectivity index (χ1n) is 9.25. The summed E-state index contributed by atoms with van der Waals surface area (Å²) in [6, 6.07) is 11.9. The van der Waals surface area contributed by atoms with Crippen molar-refractivity contribution in [3.63, 3.8) is 0 Å². The van der Waals surface area contributed by atoms with Gasteiger partial charge in [-0.05, 0) is 42.8 Å². The molecule has 2 N–H and O–H groups in total. The van der Waals surface area contributed by atoms with Crippen molar-refractivity contribution in [2.24, 2.45) is 0 Å². The normalized spacial score (nSPS) is 10.3. The molecule has 0 saturated carbocycles. The Kier molecular flexibility index (Phi) is 8.95. The molecule has 0 radical (unpaired) electrons. The van der Waals surface area contributed by atoms with Gasteiger partial charge in [0.2, 0.25) is 11.8 Å². The van der Waals surface area contributed by atoms with Crippen LogP contribution < -0.4 is 15.4 Å². The number of amides is 3. The molecule has 2 rings (SSSR count). The Morgan fingerprint density at radius 3 is 2.33 bits per heavy atom. The standard InChI is InChI=1S/C21H23Cl2N3O4/c1-3-30-16-7-4-14(5-8-16)13-26(2)20(28)12-24-19(27)11-25-21(29)17-9-6-15(22)10-18(17)23/h4-10H,3,11-13H2,1-2H3,(H,24,27)(H,25,29). The van der Waals surface area contributed by atoms with E-state index >= 15 is 0 Å². The molecule has 0 aliphatic carbocycles. The molecular formula is C21H23Cl2N3O4. The van der Waals surface area contributed by atoms with Gasteiger partial charge in [-0.1, -0.05) is 35.3 Å². The Labute approximate surface area is 185 Å². The number of likely N-dealkylation sites (N-methyl/N-ethyl adjacent to an activating group) is 1. The van der Waals surface area contributed by atoms with Crippen molar-refractivity contribution in [2.45, 2.75) is 13.5 Å². The lowest BCUT2D eigenvalue weighted by Gasteiger charge is -2.18. The fourth-order valence-corrected chi connectivity index (χ4v) is 3.02. The minimum atomic E-state index is -0.509. The van der Waals surface area contributed by atoms with Crippen molar-refractivity contribution in [3.05, 3.63) is 63.6 Å². The van der Waals surface area contributed by atoms with E-state index < -0.39 is 11.8 Å². The monoisotopic (exact) mass is 451 g/mol. The van der Waals surface area contributed by atoms with Crippen LogP contribution in [-0.4, -0.2) is 49.4 Å². The lowest BCUT2D eigenvalue weighted by atomic mass is 10.2. The number of halogens is 2. The first-order chi connectivity index (χ1) is 14.3. The molecule has 3 amide bonds. The van der Waals surface area contributed by atoms with Crippen LogP contribution in [-0.2, 0) is 16.1 Å². The molecule has 0 atom stereocenters. The number of ether oxygens (including phenoxy) is 1. The molecule has 0 unspecified atom stereocenters. The Hall–Kier alpha value is -2.77. The van der Waals surface area contributed by atoms with E-state index in [0.717, 1.165) is 11.3 Å². The number of carbonyl (C=O) groups is 3. The van der Waals surface area contributed by atoms with Gasteiger partial charge in [0.1, 0.15) is 5.75 Å². The number of nitrogens with one attached hydrogen (secondary N) is 2. The number of hydrogen-bond acceptors (Lipinski definition) is 4. The molecule has 0 aliphatic rings. The molecular weight excluding hydrogens is 429 g/mol. The van der Waals surface area contributed by atoms with Crippen LogP contribution in [0.25, 0.3) is 0 Å². The van der Waals surface area contributed by atoms with Crippen LogP contribution in [0.5, 0.6) is 5.75 Å². The third-order valence-corrected chi connectivity index (χ3v) is 4.65. The van der Waals surface area contributed by atoms with Crippen LogP contribution in [0.1, 0.15) is 22.8 Å². The molecule has 0 saturated heterocycles. The van der Waals surface area contributed by atoms with Gasteiger partial charge in [-0.3, -0.25) is 14.4 Å². The highest BCUT2D eigenvalue weighted by molar-refractivity contribution is 6.36. The van der Waals surface area contributed by atoms with Gasteiger partial charge in [-0.2, -0.15) is 0 Å². The molecule has 0 heterocycles. The minimum absolute atomic E-state index is 0.177. The summed E-state index contributed by atoms with van der Waals surface area (Å²) in [6.45, 7) is 2.43. The van der Waals surface area contributed by atoms with Crippen molar-refractivity contribution in [2.75, 3.05) is 26.7 Å². The van der Waals surface area contributed by atoms with E-state index in [-0.39, 0.29) is 29.6 Å². The summed E-state index contributed by atoms with van der Waals surface area (Å²) in [5, 5.41) is 5.53. The molecule has 2 aromatic rings. The summed E-state index contributed by atoms with van der Waals surface area (Å²) in [7, 11) is 1.65. The van der Waals surface area contributed by atoms with Gasteiger partial charge in [0.15, 0.2) is 0 Å². The average Bonchev–Trinajstić information content (AvgIpc) is 2.71. The van der Waals surface area contributed by atoms with Gasteiger partial charge in [0.25, 0.3) is 5.91 Å². The van der Waals surface area contributed by atoms with Gasteiger partial charge in [-0.15, -0.1) is 0 Å². The molecule has 0 spiro atoms. The maximum atomic E-state index is 12.2. The zero-order valence-electron chi connectivity index (χ0n) is 16.7. The Morgan fingerprint density at radius 2 is 1.70 bits per heavy atom. The summed E-state index contributed by atoms with van der Waals surface area (Å²) in [5.74, 6) is -0.490. The highest BCUT2D eigenvalue weighted by Gasteiger charge is 2.14. The van der Waals surface area contributed by atoms with Gasteiger partial charge < -0.3 is 20.3 Å². The molecule has 0 aromatic heterocycles. The van der Waals surface area contributed by atoms with Crippen LogP contribution in [0.3, 0.4) is 0 Å². The van der Waals surface area contributed by atoms with Crippen LogP contribution in [0.2, 0.25) is 10.0 Å². The van der Waals surface area contributed by atoms with Crippen LogP contribution in [0.4, 0.5) is 0 Å². The number of rotatable bonds is 9. The highest BCUT2D eigenvalue weighted by atomic mass is 35.5. The fourth-order valence-electron chi connectivity index (χ4n) is 2.52. The first kappa shape index (κ1) is 23.5. The maximum absolute atomic E-state index is 12.2. The van der Waals surface area contributed by atoms with Crippen molar-refractivity contribution < 1.29 is 19.1 Å². The Morgan fingerprint density at radius 1 is 1.00 bits per heavy atom. The van der Waals surface area contributed by atoms with Crippen molar-refractivity contribution >= 4 is 40.9 Å². The molecule has 0 aliphatic heterocycles. The molecule has 9 heteroatoms. The van der Waals surface area contributed by atoms with Crippen molar-refractivity contribution in [1.29, 1.82) is 0 Å². The molecule has 0 bridgehead atoms. The van der Waals surface area contributed by atoms with Gasteiger partial charge in [0.05, 0.1) is 30.3 Å². The van der Waals surface area contributed by atoms with Crippen LogP contribution in [0, 0.1) is 0 Å². The summed E-state index contributed by atoms with van der Waals surface area (Å²) < 4.78 is 5.39. The lowest BCUT2D eigenvalue weighted by Crippen LogP contribution is -2.42. The first-order valence-corrected chi connectivity index (χ1v) is 10.0. The van der Waals surface area contributed by atoms with E-state index in [0.29, 0.717) is 18.2 Å². The SMILES string of the molecule is CCOc1ccc(CN(C)C(=O)CNC(=O)CNC(=O)c2ccc(Cl)cc2Cl)cc1. The van der Waals surface area contributed by atoms with E-state index in [9.17, 15) is 14.4 Å². The summed E-state index contributed by atoms with van der Waals surface area (Å²) in [5.41, 5.74) is 1.15. The Balaban J connectivity index is 1.75. The molecule has 7 nitrogen and oxygen atoms in total. The van der Waals surface area contributed by atoms with E-state index in [2.05, 4.69) is 10.6 Å². The topological polar surface area (TPSA) is 87.7 Å². The van der Waals surface area contributed by atoms with Gasteiger partial charge in [-0.25, -0.2) is 0 Å². The van der Waals surface area contributed by atoms with Crippen molar-refractivity contribution in [1.82, 2.24) is 15.5 Å². The van der Waals surface area contributed by atoms with Crippen LogP contribution in [0.15, 0.2) is 42.5 Å². The van der Waals surface area contributed by atoms with Gasteiger partial charge in [0, 0.05) is 18.6 Å². The second-order valence-corrected chi connectivity index (χ2v) is 7.25. The summed E-state index contributed by atoms with van der Waals surface area (Å²) in [4.78, 5) is 37.8. The predicted molar refractivity (Wildman–Crippen MR) is 116 cm³/mol. The lowest BCUT2D eigenvalue weighted by molar-refractivity contribution is -0.132. The number of benzene rings is 2. The third-order valence-electron chi connectivity index (χ3n) is 4.10. The third kappa shape index (κ3) is 7.24. The minimum Gasteiger partial charge on any atom is -0.494 e. The number of carbonyl (C=O) groups excluding carboxylic acids is 3. The zero-order valence-corrected chi connectivity index (χ0v) is 18.2. The van der Waals surface area contributed by atoms with Crippen LogP contribution >= 0.6 is 23.2 Å². The average molecular weight is 452 g/mol. The fraction of sp³-hybridized carbons (Fsp3) is 0.286. The van der Waals surface area contributed by atoms with Gasteiger partial charge >= 0.3 is 0 Å². The molecule has 30 heavy (non-hydrogen) atoms. The van der Waals surface area contributed by atoms with E-state index in [1.807, 2.05) is 31.2 Å². The predicted octanol–water partition coefficient (Wildman–Crippen LogP) is 2.90. The molecule has 0 fully saturated rings. The summed E-state index contributed by atoms with van der Waals surface area (Å²) in [6.07, 6.45) is 0.